The number of aromatic nitrogens is 3. The van der Waals surface area contributed by atoms with Crippen molar-refractivity contribution in [2.45, 2.75) is 10.9 Å². The molecule has 0 saturated carbocycles. The van der Waals surface area contributed by atoms with Crippen molar-refractivity contribution in [2.24, 2.45) is 0 Å². The highest BCUT2D eigenvalue weighted by atomic mass is 35.5. The Labute approximate surface area is 204 Å². The van der Waals surface area contributed by atoms with E-state index in [4.69, 9.17) is 23.2 Å². The molecule has 3 nitrogen and oxygen atoms in total. The van der Waals surface area contributed by atoms with Crippen molar-refractivity contribution in [3.63, 3.8) is 0 Å². The quantitative estimate of drug-likeness (QED) is 0.218. The average molecular weight is 522 g/mol. The first kappa shape index (κ1) is 22.3. The molecule has 2 aromatic heterocycles. The van der Waals surface area contributed by atoms with Gasteiger partial charge in [-0.3, -0.25) is 4.40 Å². The molecule has 0 unspecified atom stereocenters. The maximum absolute atomic E-state index is 14.8. The zero-order valence-corrected chi connectivity index (χ0v) is 19.7. The molecule has 0 amide bonds. The highest BCUT2D eigenvalue weighted by Gasteiger charge is 2.24. The van der Waals surface area contributed by atoms with E-state index >= 15 is 0 Å². The summed E-state index contributed by atoms with van der Waals surface area (Å²) in [6.45, 7) is 0. The van der Waals surface area contributed by atoms with Crippen LogP contribution in [0.25, 0.3) is 26.7 Å². The Balaban J connectivity index is 1.66. The number of halogens is 5. The van der Waals surface area contributed by atoms with E-state index in [0.29, 0.717) is 32.0 Å². The molecule has 3 aromatic carbocycles. The maximum atomic E-state index is 14.8. The lowest BCUT2D eigenvalue weighted by Gasteiger charge is -2.09. The predicted molar refractivity (Wildman–Crippen MR) is 128 cm³/mol. The predicted octanol–water partition coefficient (Wildman–Crippen LogP) is 8.14. The van der Waals surface area contributed by atoms with Crippen LogP contribution >= 0.6 is 46.3 Å². The summed E-state index contributed by atoms with van der Waals surface area (Å²) in [4.78, 5) is 1.09. The van der Waals surface area contributed by atoms with Crippen LogP contribution in [0.1, 0.15) is 5.56 Å². The van der Waals surface area contributed by atoms with E-state index in [1.807, 2.05) is 0 Å². The first-order valence-corrected chi connectivity index (χ1v) is 12.1. The maximum Gasteiger partial charge on any atom is 0.218 e. The SMILES string of the molecule is Fc1ccc(-c2c(-c3c(F)cccc3Cl)sc3nnc(SCc4ccc(F)c(Cl)c4)n23)cc1. The number of fused-ring (bicyclic) bond motifs is 1. The summed E-state index contributed by atoms with van der Waals surface area (Å²) in [6, 6.07) is 14.9. The number of thiazole rings is 1. The van der Waals surface area contributed by atoms with Gasteiger partial charge in [0.25, 0.3) is 0 Å². The van der Waals surface area contributed by atoms with E-state index < -0.39 is 11.6 Å². The van der Waals surface area contributed by atoms with Gasteiger partial charge in [-0.1, -0.05) is 58.4 Å². The van der Waals surface area contributed by atoms with E-state index in [2.05, 4.69) is 10.2 Å². The van der Waals surface area contributed by atoms with E-state index in [0.717, 1.165) is 5.56 Å². The van der Waals surface area contributed by atoms with Crippen molar-refractivity contribution >= 4 is 51.3 Å². The Hall–Kier alpha value is -2.52. The fraction of sp³-hybridized carbons (Fsp3) is 0.0435. The van der Waals surface area contributed by atoms with Gasteiger partial charge in [-0.25, -0.2) is 13.2 Å². The zero-order valence-electron chi connectivity index (χ0n) is 16.5. The first-order chi connectivity index (χ1) is 15.9. The van der Waals surface area contributed by atoms with Crippen molar-refractivity contribution in [2.75, 3.05) is 0 Å². The Morgan fingerprint density at radius 3 is 2.39 bits per heavy atom. The van der Waals surface area contributed by atoms with Gasteiger partial charge in [-0.2, -0.15) is 0 Å². The first-order valence-electron chi connectivity index (χ1n) is 9.57. The van der Waals surface area contributed by atoms with Crippen molar-refractivity contribution in [3.8, 4) is 21.7 Å². The molecule has 33 heavy (non-hydrogen) atoms. The average Bonchev–Trinajstić information content (AvgIpc) is 3.35. The molecule has 0 N–H and O–H groups in total. The van der Waals surface area contributed by atoms with Crippen LogP contribution in [0, 0.1) is 17.5 Å². The van der Waals surface area contributed by atoms with E-state index in [1.165, 1.54) is 53.4 Å². The monoisotopic (exact) mass is 521 g/mol. The molecule has 0 saturated heterocycles. The molecular formula is C23H12Cl2F3N3S2. The second kappa shape index (κ2) is 9.02. The Bertz CT molecular complexity index is 1460. The van der Waals surface area contributed by atoms with Gasteiger partial charge in [0.1, 0.15) is 17.5 Å². The third-order valence-corrected chi connectivity index (χ3v) is 7.55. The molecule has 0 aliphatic rings. The summed E-state index contributed by atoms with van der Waals surface area (Å²) in [5.74, 6) is -0.895. The molecule has 10 heteroatoms. The molecule has 0 radical (unpaired) electrons. The molecule has 0 bridgehead atoms. The number of hydrogen-bond acceptors (Lipinski definition) is 4. The summed E-state index contributed by atoms with van der Waals surface area (Å²) >= 11 is 14.9. The fourth-order valence-electron chi connectivity index (χ4n) is 3.38. The fourth-order valence-corrected chi connectivity index (χ4v) is 5.98. The van der Waals surface area contributed by atoms with Gasteiger partial charge in [-0.15, -0.1) is 10.2 Å². The summed E-state index contributed by atoms with van der Waals surface area (Å²) in [6.07, 6.45) is 0. The van der Waals surface area contributed by atoms with Gasteiger partial charge in [-0.05, 0) is 54.1 Å². The van der Waals surface area contributed by atoms with Gasteiger partial charge in [0.15, 0.2) is 5.16 Å². The minimum absolute atomic E-state index is 0.0403. The summed E-state index contributed by atoms with van der Waals surface area (Å²) in [5.41, 5.74) is 2.31. The third-order valence-electron chi connectivity index (χ3n) is 4.90. The number of rotatable bonds is 5. The Morgan fingerprint density at radius 2 is 1.67 bits per heavy atom. The molecule has 0 aliphatic heterocycles. The number of hydrogen-bond donors (Lipinski definition) is 0. The zero-order chi connectivity index (χ0) is 23.1. The molecular weight excluding hydrogens is 510 g/mol. The summed E-state index contributed by atoms with van der Waals surface area (Å²) in [7, 11) is 0. The number of benzene rings is 3. The van der Waals surface area contributed by atoms with E-state index in [-0.39, 0.29) is 21.4 Å². The molecule has 0 fully saturated rings. The van der Waals surface area contributed by atoms with Crippen LogP contribution in [0.3, 0.4) is 0 Å². The topological polar surface area (TPSA) is 30.2 Å². The summed E-state index contributed by atoms with van der Waals surface area (Å²) in [5, 5.41) is 9.37. The highest BCUT2D eigenvalue weighted by Crippen LogP contribution is 2.44. The molecule has 5 rings (SSSR count). The molecule has 0 atom stereocenters. The standard InChI is InChI=1S/C23H12Cl2F3N3S2/c24-15-2-1-3-18(28)19(15)21-20(13-5-7-14(26)8-6-13)31-22(29-30-23(31)33-21)32-11-12-4-9-17(27)16(25)10-12/h1-10H,11H2. The van der Waals surface area contributed by atoms with Crippen molar-refractivity contribution in [3.05, 3.63) is 93.7 Å². The minimum Gasteiger partial charge on any atom is -0.260 e. The smallest absolute Gasteiger partial charge is 0.218 e. The summed E-state index contributed by atoms with van der Waals surface area (Å²) < 4.78 is 43.8. The molecule has 2 heterocycles. The van der Waals surface area contributed by atoms with Gasteiger partial charge in [0, 0.05) is 16.9 Å². The van der Waals surface area contributed by atoms with Crippen molar-refractivity contribution < 1.29 is 13.2 Å². The molecule has 166 valence electrons. The van der Waals surface area contributed by atoms with Crippen molar-refractivity contribution in [1.82, 2.24) is 14.6 Å². The van der Waals surface area contributed by atoms with E-state index in [1.54, 1.807) is 34.7 Å². The lowest BCUT2D eigenvalue weighted by molar-refractivity contribution is 0.627. The van der Waals surface area contributed by atoms with Gasteiger partial charge < -0.3 is 0 Å². The van der Waals surface area contributed by atoms with Crippen LogP contribution in [0.4, 0.5) is 13.2 Å². The normalized spacial score (nSPS) is 11.4. The van der Waals surface area contributed by atoms with Gasteiger partial charge in [0.2, 0.25) is 4.96 Å². The van der Waals surface area contributed by atoms with Crippen LogP contribution in [0.15, 0.2) is 65.8 Å². The second-order valence-corrected chi connectivity index (χ2v) is 9.76. The van der Waals surface area contributed by atoms with Crippen molar-refractivity contribution in [1.29, 1.82) is 0 Å². The number of nitrogens with zero attached hydrogens (tertiary/aromatic N) is 3. The van der Waals surface area contributed by atoms with Gasteiger partial charge >= 0.3 is 0 Å². The second-order valence-electron chi connectivity index (χ2n) is 7.02. The minimum atomic E-state index is -0.488. The van der Waals surface area contributed by atoms with E-state index in [9.17, 15) is 13.2 Å². The van der Waals surface area contributed by atoms with Crippen LogP contribution in [-0.2, 0) is 5.75 Å². The molecule has 0 aliphatic carbocycles. The largest absolute Gasteiger partial charge is 0.260 e. The van der Waals surface area contributed by atoms with Gasteiger partial charge in [0.05, 0.1) is 20.6 Å². The lowest BCUT2D eigenvalue weighted by atomic mass is 10.1. The molecule has 5 aromatic rings. The van der Waals surface area contributed by atoms with Crippen LogP contribution in [-0.4, -0.2) is 14.6 Å². The van der Waals surface area contributed by atoms with Crippen LogP contribution in [0.5, 0.6) is 0 Å². The number of thioether (sulfide) groups is 1. The third kappa shape index (κ3) is 4.24. The molecule has 0 spiro atoms. The Morgan fingerprint density at radius 1 is 0.879 bits per heavy atom. The highest BCUT2D eigenvalue weighted by molar-refractivity contribution is 7.98. The van der Waals surface area contributed by atoms with Crippen LogP contribution < -0.4 is 0 Å². The van der Waals surface area contributed by atoms with Crippen LogP contribution in [0.2, 0.25) is 10.0 Å². The lowest BCUT2D eigenvalue weighted by Crippen LogP contribution is -1.94. The Kier molecular flexibility index (Phi) is 6.09.